The van der Waals surface area contributed by atoms with Gasteiger partial charge >= 0.3 is 0 Å². The van der Waals surface area contributed by atoms with Gasteiger partial charge in [0.05, 0.1) is 6.04 Å². The van der Waals surface area contributed by atoms with Gasteiger partial charge in [-0.2, -0.15) is 0 Å². The van der Waals surface area contributed by atoms with Crippen molar-refractivity contribution >= 4 is 11.7 Å². The molecular weight excluding hydrogens is 350 g/mol. The Kier molecular flexibility index (Phi) is 8.24. The third-order valence-electron chi connectivity index (χ3n) is 4.79. The van der Waals surface area contributed by atoms with Gasteiger partial charge in [0.1, 0.15) is 11.5 Å². The van der Waals surface area contributed by atoms with E-state index in [1.54, 1.807) is 6.92 Å². The molecule has 0 spiro atoms. The molecule has 1 unspecified atom stereocenters. The van der Waals surface area contributed by atoms with Gasteiger partial charge in [-0.25, -0.2) is 0 Å². The summed E-state index contributed by atoms with van der Waals surface area (Å²) in [6.45, 7) is 7.89. The zero-order valence-electron chi connectivity index (χ0n) is 17.3. The minimum absolute atomic E-state index is 0.0247. The number of hydrogen-bond donors (Lipinski definition) is 1. The molecule has 28 heavy (non-hydrogen) atoms. The molecule has 1 N–H and O–H groups in total. The monoisotopic (exact) mass is 381 g/mol. The summed E-state index contributed by atoms with van der Waals surface area (Å²) in [4.78, 5) is 23.5. The van der Waals surface area contributed by atoms with E-state index in [9.17, 15) is 9.59 Å². The van der Waals surface area contributed by atoms with Gasteiger partial charge in [0, 0.05) is 6.42 Å². The van der Waals surface area contributed by atoms with Crippen molar-refractivity contribution in [2.24, 2.45) is 5.92 Å². The second-order valence-electron chi connectivity index (χ2n) is 7.52. The second kappa shape index (κ2) is 10.6. The quantitative estimate of drug-likeness (QED) is 0.651. The number of ketones is 1. The third-order valence-corrected chi connectivity index (χ3v) is 4.79. The standard InChI is InChI=1S/C24H31NO3/c1-5-19-8-12-21(13-9-19)24(17(2)3)25-23(27)16-28-22-14-10-20(11-15-22)7-6-18(4)26/h8-15,17,24H,5-7,16H2,1-4H3,(H,25,27). The largest absolute Gasteiger partial charge is 0.484 e. The minimum atomic E-state index is -0.140. The lowest BCUT2D eigenvalue weighted by Crippen LogP contribution is -2.35. The number of amides is 1. The van der Waals surface area contributed by atoms with E-state index >= 15 is 0 Å². The van der Waals surface area contributed by atoms with E-state index in [0.717, 1.165) is 24.0 Å². The van der Waals surface area contributed by atoms with Crippen LogP contribution in [0.2, 0.25) is 0 Å². The molecule has 0 radical (unpaired) electrons. The second-order valence-corrected chi connectivity index (χ2v) is 7.52. The van der Waals surface area contributed by atoms with E-state index in [-0.39, 0.29) is 30.3 Å². The Hall–Kier alpha value is -2.62. The number of rotatable bonds is 10. The Labute approximate surface area is 168 Å². The summed E-state index contributed by atoms with van der Waals surface area (Å²) in [5, 5.41) is 3.08. The summed E-state index contributed by atoms with van der Waals surface area (Å²) in [5.74, 6) is 0.965. The highest BCUT2D eigenvalue weighted by molar-refractivity contribution is 5.78. The van der Waals surface area contributed by atoms with Crippen molar-refractivity contribution < 1.29 is 14.3 Å². The van der Waals surface area contributed by atoms with Crippen molar-refractivity contribution in [2.45, 2.75) is 53.0 Å². The highest BCUT2D eigenvalue weighted by atomic mass is 16.5. The lowest BCUT2D eigenvalue weighted by Gasteiger charge is -2.23. The molecule has 150 valence electrons. The van der Waals surface area contributed by atoms with Crippen LogP contribution in [0, 0.1) is 5.92 Å². The number of aryl methyl sites for hydroxylation is 2. The van der Waals surface area contributed by atoms with Crippen LogP contribution in [0.25, 0.3) is 0 Å². The first-order chi connectivity index (χ1) is 13.4. The fraction of sp³-hybridized carbons (Fsp3) is 0.417. The van der Waals surface area contributed by atoms with E-state index in [0.29, 0.717) is 12.2 Å². The molecule has 0 saturated carbocycles. The van der Waals surface area contributed by atoms with Gasteiger partial charge in [0.25, 0.3) is 5.91 Å². The van der Waals surface area contributed by atoms with Gasteiger partial charge in [0.15, 0.2) is 6.61 Å². The Balaban J connectivity index is 1.89. The number of nitrogens with one attached hydrogen (secondary N) is 1. The van der Waals surface area contributed by atoms with Crippen molar-refractivity contribution in [3.8, 4) is 5.75 Å². The summed E-state index contributed by atoms with van der Waals surface area (Å²) < 4.78 is 5.62. The Morgan fingerprint density at radius 2 is 1.57 bits per heavy atom. The van der Waals surface area contributed by atoms with Crippen molar-refractivity contribution in [2.75, 3.05) is 6.61 Å². The van der Waals surface area contributed by atoms with E-state index in [4.69, 9.17) is 4.74 Å². The van der Waals surface area contributed by atoms with E-state index < -0.39 is 0 Å². The van der Waals surface area contributed by atoms with Gasteiger partial charge in [-0.1, -0.05) is 57.2 Å². The summed E-state index contributed by atoms with van der Waals surface area (Å²) in [6.07, 6.45) is 2.27. The molecule has 0 aliphatic carbocycles. The van der Waals surface area contributed by atoms with Gasteiger partial charge in [-0.3, -0.25) is 4.79 Å². The first kappa shape index (κ1) is 21.7. The maximum Gasteiger partial charge on any atom is 0.258 e. The first-order valence-corrected chi connectivity index (χ1v) is 9.98. The number of carbonyl (C=O) groups excluding carboxylic acids is 2. The first-order valence-electron chi connectivity index (χ1n) is 9.98. The summed E-state index contributed by atoms with van der Waals surface area (Å²) >= 11 is 0. The molecule has 0 fully saturated rings. The molecule has 0 aliphatic heterocycles. The van der Waals surface area contributed by atoms with Gasteiger partial charge in [0.2, 0.25) is 0 Å². The fourth-order valence-electron chi connectivity index (χ4n) is 3.03. The third kappa shape index (κ3) is 6.84. The molecule has 0 bridgehead atoms. The summed E-state index contributed by atoms with van der Waals surface area (Å²) in [5.41, 5.74) is 3.48. The van der Waals surface area contributed by atoms with Crippen LogP contribution in [-0.4, -0.2) is 18.3 Å². The molecule has 4 nitrogen and oxygen atoms in total. The van der Waals surface area contributed by atoms with Crippen molar-refractivity contribution in [3.63, 3.8) is 0 Å². The summed E-state index contributed by atoms with van der Waals surface area (Å²) in [7, 11) is 0. The summed E-state index contributed by atoms with van der Waals surface area (Å²) in [6, 6.07) is 15.9. The molecular formula is C24H31NO3. The van der Waals surface area contributed by atoms with Crippen molar-refractivity contribution in [1.82, 2.24) is 5.32 Å². The molecule has 0 heterocycles. The van der Waals surface area contributed by atoms with E-state index in [1.165, 1.54) is 5.56 Å². The van der Waals surface area contributed by atoms with E-state index in [1.807, 2.05) is 24.3 Å². The van der Waals surface area contributed by atoms with Crippen LogP contribution in [0.1, 0.15) is 56.8 Å². The molecule has 0 aromatic heterocycles. The molecule has 1 atom stereocenters. The van der Waals surface area contributed by atoms with Crippen LogP contribution in [0.5, 0.6) is 5.75 Å². The lowest BCUT2D eigenvalue weighted by molar-refractivity contribution is -0.124. The lowest BCUT2D eigenvalue weighted by atomic mass is 9.95. The van der Waals surface area contributed by atoms with Crippen LogP contribution in [0.4, 0.5) is 0 Å². The number of ether oxygens (including phenoxy) is 1. The van der Waals surface area contributed by atoms with Crippen molar-refractivity contribution in [1.29, 1.82) is 0 Å². The van der Waals surface area contributed by atoms with Crippen LogP contribution < -0.4 is 10.1 Å². The van der Waals surface area contributed by atoms with E-state index in [2.05, 4.69) is 50.4 Å². The molecule has 0 saturated heterocycles. The van der Waals surface area contributed by atoms with Gasteiger partial charge in [-0.05, 0) is 54.5 Å². The Morgan fingerprint density at radius 3 is 2.11 bits per heavy atom. The zero-order valence-corrected chi connectivity index (χ0v) is 17.3. The van der Waals surface area contributed by atoms with Crippen molar-refractivity contribution in [3.05, 3.63) is 65.2 Å². The molecule has 2 rings (SSSR count). The molecule has 4 heteroatoms. The number of Topliss-reactive ketones (excluding diaryl/α,β-unsaturated/α-hetero) is 1. The number of carbonyl (C=O) groups is 2. The number of benzene rings is 2. The highest BCUT2D eigenvalue weighted by Crippen LogP contribution is 2.22. The SMILES string of the molecule is CCc1ccc(C(NC(=O)COc2ccc(CCC(C)=O)cc2)C(C)C)cc1. The zero-order chi connectivity index (χ0) is 20.5. The predicted octanol–water partition coefficient (Wildman–Crippen LogP) is 4.66. The number of hydrogen-bond acceptors (Lipinski definition) is 3. The van der Waals surface area contributed by atoms with Crippen LogP contribution in [0.3, 0.4) is 0 Å². The fourth-order valence-corrected chi connectivity index (χ4v) is 3.03. The topological polar surface area (TPSA) is 55.4 Å². The normalized spacial score (nSPS) is 11.9. The smallest absolute Gasteiger partial charge is 0.258 e. The minimum Gasteiger partial charge on any atom is -0.484 e. The molecule has 2 aromatic carbocycles. The highest BCUT2D eigenvalue weighted by Gasteiger charge is 2.18. The predicted molar refractivity (Wildman–Crippen MR) is 112 cm³/mol. The molecule has 2 aromatic rings. The van der Waals surface area contributed by atoms with Crippen LogP contribution in [-0.2, 0) is 22.4 Å². The van der Waals surface area contributed by atoms with Crippen LogP contribution >= 0.6 is 0 Å². The van der Waals surface area contributed by atoms with Gasteiger partial charge < -0.3 is 14.8 Å². The average Bonchev–Trinajstić information content (AvgIpc) is 2.69. The Morgan fingerprint density at radius 1 is 0.964 bits per heavy atom. The maximum absolute atomic E-state index is 12.4. The average molecular weight is 382 g/mol. The van der Waals surface area contributed by atoms with Crippen LogP contribution in [0.15, 0.2) is 48.5 Å². The van der Waals surface area contributed by atoms with Gasteiger partial charge in [-0.15, -0.1) is 0 Å². The molecule has 0 aliphatic rings. The molecule has 1 amide bonds. The Bertz CT molecular complexity index is 763. The maximum atomic E-state index is 12.4.